The van der Waals surface area contributed by atoms with E-state index in [2.05, 4.69) is 22.2 Å². The Morgan fingerprint density at radius 2 is 1.89 bits per heavy atom. The molecule has 0 fully saturated rings. The normalized spacial score (nSPS) is 12.5. The summed E-state index contributed by atoms with van der Waals surface area (Å²) < 4.78 is 37.5. The molecule has 6 heteroatoms. The Kier molecular flexibility index (Phi) is 5.14. The quantitative estimate of drug-likeness (QED) is 0.788. The van der Waals surface area contributed by atoms with Gasteiger partial charge in [-0.15, -0.1) is 0 Å². The van der Waals surface area contributed by atoms with Crippen LogP contribution >= 0.6 is 0 Å². The van der Waals surface area contributed by atoms with Gasteiger partial charge in [-0.2, -0.15) is 13.2 Å². The number of unbranched alkanes of at least 4 members (excludes halogenated alkanes) is 2. The summed E-state index contributed by atoms with van der Waals surface area (Å²) in [5.41, 5.74) is -0.285. The molecular weight excluding hydrogens is 255 g/mol. The van der Waals surface area contributed by atoms with E-state index < -0.39 is 12.0 Å². The van der Waals surface area contributed by atoms with Crippen molar-refractivity contribution in [3.63, 3.8) is 0 Å². The average Bonchev–Trinajstić information content (AvgIpc) is 2.27. The van der Waals surface area contributed by atoms with Gasteiger partial charge in [0.05, 0.1) is 0 Å². The van der Waals surface area contributed by atoms with E-state index in [1.807, 2.05) is 13.8 Å². The van der Waals surface area contributed by atoms with E-state index in [0.717, 1.165) is 31.9 Å². The number of nitrogens with one attached hydrogen (secondary N) is 1. The van der Waals surface area contributed by atoms with Crippen LogP contribution in [0.1, 0.15) is 52.3 Å². The smallest absolute Gasteiger partial charge is 0.365 e. The van der Waals surface area contributed by atoms with Crippen LogP contribution in [0.2, 0.25) is 0 Å². The zero-order chi connectivity index (χ0) is 14.5. The second-order valence-electron chi connectivity index (χ2n) is 5.23. The molecule has 0 bridgehead atoms. The minimum Gasteiger partial charge on any atom is -0.365 e. The highest BCUT2D eigenvalue weighted by atomic mass is 19.4. The molecule has 1 aromatic rings. The van der Waals surface area contributed by atoms with Gasteiger partial charge in [0.25, 0.3) is 0 Å². The molecule has 1 rings (SSSR count). The number of nitrogens with zero attached hydrogens (tertiary/aromatic N) is 2. The number of rotatable bonds is 6. The fourth-order valence-electron chi connectivity index (χ4n) is 1.79. The van der Waals surface area contributed by atoms with E-state index in [4.69, 9.17) is 0 Å². The Bertz CT molecular complexity index is 402. The minimum absolute atomic E-state index is 0.212. The Morgan fingerprint density at radius 1 is 1.21 bits per heavy atom. The van der Waals surface area contributed by atoms with Gasteiger partial charge >= 0.3 is 6.18 Å². The van der Waals surface area contributed by atoms with E-state index in [1.165, 1.54) is 6.07 Å². The van der Waals surface area contributed by atoms with Gasteiger partial charge in [0.1, 0.15) is 5.82 Å². The molecule has 108 valence electrons. The molecule has 0 aliphatic carbocycles. The summed E-state index contributed by atoms with van der Waals surface area (Å²) in [6, 6.07) is 1.46. The Morgan fingerprint density at radius 3 is 2.47 bits per heavy atom. The molecule has 0 amide bonds. The summed E-state index contributed by atoms with van der Waals surface area (Å²) in [7, 11) is 0. The van der Waals surface area contributed by atoms with Gasteiger partial charge in [-0.3, -0.25) is 0 Å². The largest absolute Gasteiger partial charge is 0.451 e. The molecule has 19 heavy (non-hydrogen) atoms. The summed E-state index contributed by atoms with van der Waals surface area (Å²) in [4.78, 5) is 6.75. The van der Waals surface area contributed by atoms with Crippen molar-refractivity contribution >= 4 is 5.82 Å². The van der Waals surface area contributed by atoms with Crippen LogP contribution in [0.4, 0.5) is 19.0 Å². The third kappa shape index (κ3) is 5.44. The maximum atomic E-state index is 12.5. The Hall–Kier alpha value is -1.33. The number of alkyl halides is 3. The molecule has 0 saturated carbocycles. The first kappa shape index (κ1) is 15.7. The van der Waals surface area contributed by atoms with E-state index in [-0.39, 0.29) is 11.4 Å². The van der Waals surface area contributed by atoms with Crippen molar-refractivity contribution in [3.05, 3.63) is 18.1 Å². The minimum atomic E-state index is -4.51. The van der Waals surface area contributed by atoms with Gasteiger partial charge < -0.3 is 5.32 Å². The Balaban J connectivity index is 2.71. The molecule has 0 saturated heterocycles. The van der Waals surface area contributed by atoms with Crippen LogP contribution in [-0.4, -0.2) is 15.5 Å². The van der Waals surface area contributed by atoms with Crippen molar-refractivity contribution in [3.8, 4) is 0 Å². The summed E-state index contributed by atoms with van der Waals surface area (Å²) in [6.45, 7) is 6.02. The molecule has 0 atom stereocenters. The van der Waals surface area contributed by atoms with Gasteiger partial charge in [0.15, 0.2) is 0 Å². The summed E-state index contributed by atoms with van der Waals surface area (Å²) in [5.74, 6) is -0.898. The van der Waals surface area contributed by atoms with E-state index in [9.17, 15) is 13.2 Å². The van der Waals surface area contributed by atoms with E-state index in [0.29, 0.717) is 0 Å². The molecule has 0 unspecified atom stereocenters. The number of halogens is 3. The lowest BCUT2D eigenvalue weighted by Gasteiger charge is -2.27. The molecule has 1 aromatic heterocycles. The second kappa shape index (κ2) is 6.21. The fourth-order valence-corrected chi connectivity index (χ4v) is 1.79. The first-order valence-electron chi connectivity index (χ1n) is 6.43. The number of anilines is 1. The SMILES string of the molecule is CCCCCC(C)(C)Nc1ccnc(C(F)(F)F)n1. The lowest BCUT2D eigenvalue weighted by atomic mass is 9.97. The predicted molar refractivity (Wildman–Crippen MR) is 68.9 cm³/mol. The number of hydrogen-bond acceptors (Lipinski definition) is 3. The van der Waals surface area contributed by atoms with Gasteiger partial charge in [-0.1, -0.05) is 26.2 Å². The second-order valence-corrected chi connectivity index (χ2v) is 5.23. The van der Waals surface area contributed by atoms with E-state index >= 15 is 0 Å². The molecule has 0 aromatic carbocycles. The zero-order valence-corrected chi connectivity index (χ0v) is 11.5. The Labute approximate surface area is 111 Å². The molecule has 1 heterocycles. The van der Waals surface area contributed by atoms with Crippen LogP contribution in [0, 0.1) is 0 Å². The van der Waals surface area contributed by atoms with Crippen molar-refractivity contribution in [2.75, 3.05) is 5.32 Å². The predicted octanol–water partition coefficient (Wildman–Crippen LogP) is 4.27. The standard InChI is InChI=1S/C13H20F3N3/c1-4-5-6-8-12(2,3)19-10-7-9-17-11(18-10)13(14,15)16/h7,9H,4-6,8H2,1-3H3,(H,17,18,19). The molecule has 1 N–H and O–H groups in total. The van der Waals surface area contributed by atoms with Gasteiger partial charge in [-0.05, 0) is 26.3 Å². The highest BCUT2D eigenvalue weighted by Crippen LogP contribution is 2.27. The molecule has 0 radical (unpaired) electrons. The maximum Gasteiger partial charge on any atom is 0.451 e. The summed E-state index contributed by atoms with van der Waals surface area (Å²) in [5, 5.41) is 3.04. The zero-order valence-electron chi connectivity index (χ0n) is 11.5. The molecule has 3 nitrogen and oxygen atoms in total. The van der Waals surface area contributed by atoms with Crippen LogP contribution in [0.5, 0.6) is 0 Å². The van der Waals surface area contributed by atoms with Crippen LogP contribution in [-0.2, 0) is 6.18 Å². The number of aromatic nitrogens is 2. The third-order valence-corrected chi connectivity index (χ3v) is 2.78. The van der Waals surface area contributed by atoms with Crippen molar-refractivity contribution in [1.29, 1.82) is 0 Å². The van der Waals surface area contributed by atoms with Gasteiger partial charge in [0, 0.05) is 11.7 Å². The average molecular weight is 275 g/mol. The first-order chi connectivity index (χ1) is 8.74. The first-order valence-corrected chi connectivity index (χ1v) is 6.43. The van der Waals surface area contributed by atoms with Crippen LogP contribution in [0.15, 0.2) is 12.3 Å². The summed E-state index contributed by atoms with van der Waals surface area (Å²) >= 11 is 0. The monoisotopic (exact) mass is 275 g/mol. The van der Waals surface area contributed by atoms with Crippen LogP contribution in [0.25, 0.3) is 0 Å². The topological polar surface area (TPSA) is 37.8 Å². The molecule has 0 aliphatic rings. The lowest BCUT2D eigenvalue weighted by molar-refractivity contribution is -0.144. The maximum absolute atomic E-state index is 12.5. The van der Waals surface area contributed by atoms with Crippen molar-refractivity contribution in [1.82, 2.24) is 9.97 Å². The van der Waals surface area contributed by atoms with Gasteiger partial charge in [-0.25, -0.2) is 9.97 Å². The van der Waals surface area contributed by atoms with Crippen molar-refractivity contribution < 1.29 is 13.2 Å². The lowest BCUT2D eigenvalue weighted by Crippen LogP contribution is -2.31. The summed E-state index contributed by atoms with van der Waals surface area (Å²) in [6.07, 6.45) is 0.759. The third-order valence-electron chi connectivity index (χ3n) is 2.78. The van der Waals surface area contributed by atoms with E-state index in [1.54, 1.807) is 0 Å². The van der Waals surface area contributed by atoms with Crippen molar-refractivity contribution in [2.45, 2.75) is 58.2 Å². The highest BCUT2D eigenvalue weighted by Gasteiger charge is 2.34. The van der Waals surface area contributed by atoms with Crippen LogP contribution < -0.4 is 5.32 Å². The molecule has 0 aliphatic heterocycles. The van der Waals surface area contributed by atoms with Crippen LogP contribution in [0.3, 0.4) is 0 Å². The van der Waals surface area contributed by atoms with Gasteiger partial charge in [0.2, 0.25) is 5.82 Å². The molecular formula is C13H20F3N3. The molecule has 0 spiro atoms. The number of hydrogen-bond donors (Lipinski definition) is 1. The highest BCUT2D eigenvalue weighted by molar-refractivity contribution is 5.36. The fraction of sp³-hybridized carbons (Fsp3) is 0.692. The van der Waals surface area contributed by atoms with Crippen molar-refractivity contribution in [2.24, 2.45) is 0 Å².